The van der Waals surface area contributed by atoms with Gasteiger partial charge in [0.25, 0.3) is 0 Å². The van der Waals surface area contributed by atoms with E-state index in [0.29, 0.717) is 17.7 Å². The molecular formula is C18H18F6N2O2S. The molecule has 1 aliphatic heterocycles. The van der Waals surface area contributed by atoms with Crippen molar-refractivity contribution in [1.82, 2.24) is 9.78 Å². The van der Waals surface area contributed by atoms with Crippen LogP contribution in [0.5, 0.6) is 0 Å². The van der Waals surface area contributed by atoms with E-state index in [1.165, 1.54) is 24.9 Å². The van der Waals surface area contributed by atoms with Crippen LogP contribution in [-0.2, 0) is 28.6 Å². The van der Waals surface area contributed by atoms with Crippen molar-refractivity contribution in [2.75, 3.05) is 13.7 Å². The molecule has 1 fully saturated rings. The Hall–Kier alpha value is -1.72. The number of hydrogen-bond donors (Lipinski definition) is 0. The summed E-state index contributed by atoms with van der Waals surface area (Å²) >= 11 is 1.26. The second kappa shape index (κ2) is 8.57. The monoisotopic (exact) mass is 440 g/mol. The van der Waals surface area contributed by atoms with E-state index in [1.54, 1.807) is 6.07 Å². The van der Waals surface area contributed by atoms with Gasteiger partial charge in [-0.2, -0.15) is 31.4 Å². The highest BCUT2D eigenvalue weighted by atomic mass is 32.2. The molecule has 160 valence electrons. The summed E-state index contributed by atoms with van der Waals surface area (Å²) in [6.45, 7) is 0.109. The zero-order valence-electron chi connectivity index (χ0n) is 15.3. The van der Waals surface area contributed by atoms with Crippen LogP contribution in [-0.4, -0.2) is 28.7 Å². The Morgan fingerprint density at radius 2 is 1.93 bits per heavy atom. The van der Waals surface area contributed by atoms with Gasteiger partial charge in [0.05, 0.1) is 11.3 Å². The standard InChI is InChI=1S/C18H18F6N2O2S/c1-27-10-26-14(9-16(25-26)18(22,23)24)15-8-13(5-6-28-15)29-12-4-2-3-11(7-12)17(19,20)21/h2-4,7,9,13,15H,5-6,8,10H2,1H3. The van der Waals surface area contributed by atoms with Gasteiger partial charge in [-0.15, -0.1) is 11.8 Å². The maximum atomic E-state index is 13.0. The smallest absolute Gasteiger partial charge is 0.372 e. The molecule has 2 atom stereocenters. The van der Waals surface area contributed by atoms with E-state index in [2.05, 4.69) is 5.10 Å². The highest BCUT2D eigenvalue weighted by molar-refractivity contribution is 8.00. The summed E-state index contributed by atoms with van der Waals surface area (Å²) in [6, 6.07) is 5.93. The predicted molar refractivity (Wildman–Crippen MR) is 93.3 cm³/mol. The molecule has 0 aliphatic carbocycles. The summed E-state index contributed by atoms with van der Waals surface area (Å²) in [4.78, 5) is 0.451. The molecule has 29 heavy (non-hydrogen) atoms. The van der Waals surface area contributed by atoms with Gasteiger partial charge in [0, 0.05) is 23.9 Å². The molecule has 4 nitrogen and oxygen atoms in total. The van der Waals surface area contributed by atoms with E-state index in [-0.39, 0.29) is 24.3 Å². The van der Waals surface area contributed by atoms with Crippen LogP contribution in [0.3, 0.4) is 0 Å². The minimum Gasteiger partial charge on any atom is -0.372 e. The van der Waals surface area contributed by atoms with Crippen LogP contribution in [0, 0.1) is 0 Å². The fraction of sp³-hybridized carbons (Fsp3) is 0.500. The van der Waals surface area contributed by atoms with Crippen molar-refractivity contribution >= 4 is 11.8 Å². The zero-order valence-corrected chi connectivity index (χ0v) is 16.1. The van der Waals surface area contributed by atoms with Crippen molar-refractivity contribution in [3.63, 3.8) is 0 Å². The van der Waals surface area contributed by atoms with Crippen LogP contribution >= 0.6 is 11.8 Å². The molecular weight excluding hydrogens is 422 g/mol. The van der Waals surface area contributed by atoms with Gasteiger partial charge < -0.3 is 9.47 Å². The number of aromatic nitrogens is 2. The van der Waals surface area contributed by atoms with Crippen LogP contribution in [0.2, 0.25) is 0 Å². The van der Waals surface area contributed by atoms with E-state index < -0.39 is 29.7 Å². The topological polar surface area (TPSA) is 36.3 Å². The predicted octanol–water partition coefficient (Wildman–Crippen LogP) is 5.54. The van der Waals surface area contributed by atoms with Crippen molar-refractivity contribution in [2.24, 2.45) is 0 Å². The van der Waals surface area contributed by atoms with Crippen LogP contribution < -0.4 is 0 Å². The summed E-state index contributed by atoms with van der Waals surface area (Å²) in [5.41, 5.74) is -1.55. The molecule has 0 radical (unpaired) electrons. The molecule has 11 heteroatoms. The van der Waals surface area contributed by atoms with Crippen molar-refractivity contribution in [3.05, 3.63) is 47.3 Å². The summed E-state index contributed by atoms with van der Waals surface area (Å²) in [5.74, 6) is 0. The van der Waals surface area contributed by atoms with E-state index >= 15 is 0 Å². The first-order chi connectivity index (χ1) is 13.6. The van der Waals surface area contributed by atoms with Gasteiger partial charge in [-0.3, -0.25) is 0 Å². The van der Waals surface area contributed by atoms with Gasteiger partial charge in [0.15, 0.2) is 5.69 Å². The first-order valence-electron chi connectivity index (χ1n) is 8.67. The number of halogens is 6. The number of ether oxygens (including phenoxy) is 2. The number of methoxy groups -OCH3 is 1. The lowest BCUT2D eigenvalue weighted by atomic mass is 10.1. The van der Waals surface area contributed by atoms with Gasteiger partial charge >= 0.3 is 12.4 Å². The molecule has 0 spiro atoms. The van der Waals surface area contributed by atoms with E-state index in [9.17, 15) is 26.3 Å². The third-order valence-electron chi connectivity index (χ3n) is 4.38. The van der Waals surface area contributed by atoms with Crippen molar-refractivity contribution in [2.45, 2.75) is 48.2 Å². The third kappa shape index (κ3) is 5.46. The molecule has 3 rings (SSSR count). The summed E-state index contributed by atoms with van der Waals surface area (Å²) in [7, 11) is 1.34. The second-order valence-electron chi connectivity index (χ2n) is 6.52. The lowest BCUT2D eigenvalue weighted by Crippen LogP contribution is -2.24. The maximum Gasteiger partial charge on any atom is 0.435 e. The molecule has 0 bridgehead atoms. The minimum absolute atomic E-state index is 0.113. The third-order valence-corrected chi connectivity index (χ3v) is 5.67. The van der Waals surface area contributed by atoms with Crippen molar-refractivity contribution in [1.29, 1.82) is 0 Å². The van der Waals surface area contributed by atoms with Gasteiger partial charge in [0.1, 0.15) is 12.8 Å². The minimum atomic E-state index is -4.60. The Balaban J connectivity index is 1.77. The molecule has 1 aliphatic rings. The number of nitrogens with zero attached hydrogens (tertiary/aromatic N) is 2. The quantitative estimate of drug-likeness (QED) is 0.573. The molecule has 0 amide bonds. The molecule has 1 saturated heterocycles. The Morgan fingerprint density at radius 1 is 1.17 bits per heavy atom. The maximum absolute atomic E-state index is 13.0. The Labute approximate surface area is 167 Å². The molecule has 2 heterocycles. The summed E-state index contributed by atoms with van der Waals surface area (Å²) < 4.78 is 89.5. The molecule has 0 saturated carbocycles. The highest BCUT2D eigenvalue weighted by Gasteiger charge is 2.37. The average Bonchev–Trinajstić information content (AvgIpc) is 3.06. The number of thioether (sulfide) groups is 1. The van der Waals surface area contributed by atoms with E-state index in [1.807, 2.05) is 0 Å². The van der Waals surface area contributed by atoms with Crippen LogP contribution in [0.1, 0.15) is 35.9 Å². The van der Waals surface area contributed by atoms with Crippen LogP contribution in [0.15, 0.2) is 35.2 Å². The normalized spacial score (nSPS) is 20.8. The SMILES string of the molecule is COCn1nc(C(F)(F)F)cc1C1CC(Sc2cccc(C(F)(F)F)c2)CCO1. The van der Waals surface area contributed by atoms with Crippen LogP contribution in [0.25, 0.3) is 0 Å². The summed E-state index contributed by atoms with van der Waals surface area (Å²) in [5, 5.41) is 3.44. The molecule has 1 aromatic heterocycles. The summed E-state index contributed by atoms with van der Waals surface area (Å²) in [6.07, 6.45) is -8.79. The number of hydrogen-bond acceptors (Lipinski definition) is 4. The Bertz CT molecular complexity index is 836. The van der Waals surface area contributed by atoms with Gasteiger partial charge in [-0.1, -0.05) is 6.07 Å². The first kappa shape index (κ1) is 22.0. The molecule has 0 N–H and O–H groups in total. The zero-order chi connectivity index (χ0) is 21.2. The van der Waals surface area contributed by atoms with Crippen molar-refractivity contribution < 1.29 is 35.8 Å². The highest BCUT2D eigenvalue weighted by Crippen LogP contribution is 2.40. The first-order valence-corrected chi connectivity index (χ1v) is 9.55. The van der Waals surface area contributed by atoms with Gasteiger partial charge in [-0.05, 0) is 37.1 Å². The van der Waals surface area contributed by atoms with Gasteiger partial charge in [-0.25, -0.2) is 4.68 Å². The Kier molecular flexibility index (Phi) is 6.49. The van der Waals surface area contributed by atoms with Crippen molar-refractivity contribution in [3.8, 4) is 0 Å². The van der Waals surface area contributed by atoms with E-state index in [0.717, 1.165) is 22.9 Å². The fourth-order valence-electron chi connectivity index (χ4n) is 3.07. The number of rotatable bonds is 5. The fourth-order valence-corrected chi connectivity index (χ4v) is 4.29. The van der Waals surface area contributed by atoms with Gasteiger partial charge in [0.2, 0.25) is 0 Å². The average molecular weight is 440 g/mol. The molecule has 2 aromatic rings. The lowest BCUT2D eigenvalue weighted by molar-refractivity contribution is -0.141. The van der Waals surface area contributed by atoms with E-state index in [4.69, 9.17) is 9.47 Å². The molecule has 1 aromatic carbocycles. The molecule has 2 unspecified atom stereocenters. The number of alkyl halides is 6. The lowest BCUT2D eigenvalue weighted by Gasteiger charge is -2.29. The Morgan fingerprint density at radius 3 is 2.59 bits per heavy atom. The van der Waals surface area contributed by atoms with Crippen LogP contribution in [0.4, 0.5) is 26.3 Å². The number of benzene rings is 1. The second-order valence-corrected chi connectivity index (χ2v) is 7.89. The largest absolute Gasteiger partial charge is 0.435 e.